The van der Waals surface area contributed by atoms with E-state index in [0.29, 0.717) is 4.31 Å². The molecule has 0 spiro atoms. The number of halogens is 1. The lowest BCUT2D eigenvalue weighted by Crippen LogP contribution is -2.29. The third kappa shape index (κ3) is 3.90. The highest BCUT2D eigenvalue weighted by molar-refractivity contribution is 7.90. The van der Waals surface area contributed by atoms with Crippen LogP contribution in [0.2, 0.25) is 5.02 Å². The molecule has 0 aliphatic carbocycles. The number of rotatable bonds is 6. The van der Waals surface area contributed by atoms with Gasteiger partial charge in [-0.05, 0) is 18.2 Å². The molecule has 0 radical (unpaired) electrons. The van der Waals surface area contributed by atoms with Crippen molar-refractivity contribution in [1.82, 2.24) is 19.3 Å². The molecule has 0 fully saturated rings. The lowest BCUT2D eigenvalue weighted by atomic mass is 10.2. The quantitative estimate of drug-likeness (QED) is 0.416. The minimum atomic E-state index is -4.00. The number of nitro benzene ring substituents is 1. The van der Waals surface area contributed by atoms with E-state index in [-0.39, 0.29) is 45.6 Å². The standard InChI is InChI=1S/C18H13ClN6O6S/c19-14-7-12(25(28)29)5-6-15(14)20-17(26)10-23-8-11(21-22-23)9-24-18(27)13-3-1-2-4-16(13)32(24,30)31/h1-8H,9-10H2,(H,20,26). The Morgan fingerprint density at radius 3 is 2.66 bits per heavy atom. The first-order valence-electron chi connectivity index (χ1n) is 8.96. The molecule has 2 amide bonds. The number of sulfonamides is 1. The van der Waals surface area contributed by atoms with E-state index in [1.165, 1.54) is 36.5 Å². The number of hydrogen-bond acceptors (Lipinski definition) is 8. The maximum atomic E-state index is 12.6. The number of nitro groups is 1. The summed E-state index contributed by atoms with van der Waals surface area (Å²) in [6.07, 6.45) is 1.34. The van der Waals surface area contributed by atoms with Gasteiger partial charge in [-0.25, -0.2) is 17.4 Å². The van der Waals surface area contributed by atoms with Crippen LogP contribution in [0.4, 0.5) is 11.4 Å². The van der Waals surface area contributed by atoms with E-state index in [1.807, 2.05) is 0 Å². The van der Waals surface area contributed by atoms with Crippen molar-refractivity contribution in [3.63, 3.8) is 0 Å². The van der Waals surface area contributed by atoms with Crippen LogP contribution in [0, 0.1) is 10.1 Å². The van der Waals surface area contributed by atoms with Crippen molar-refractivity contribution in [3.05, 3.63) is 75.1 Å². The van der Waals surface area contributed by atoms with Crippen LogP contribution in [-0.2, 0) is 27.9 Å². The SMILES string of the molecule is O=C(Cn1cc(CN2C(=O)c3ccccc3S2(=O)=O)nn1)Nc1ccc([N+](=O)[O-])cc1Cl. The molecule has 2 aromatic carbocycles. The molecule has 0 unspecified atom stereocenters. The third-order valence-electron chi connectivity index (χ3n) is 4.55. The molecule has 0 saturated carbocycles. The highest BCUT2D eigenvalue weighted by Gasteiger charge is 2.41. The third-order valence-corrected chi connectivity index (χ3v) is 6.65. The molecule has 164 valence electrons. The Bertz CT molecular complexity index is 1370. The number of nitrogens with zero attached hydrogens (tertiary/aromatic N) is 5. The maximum Gasteiger partial charge on any atom is 0.271 e. The second-order valence-corrected chi connectivity index (χ2v) is 8.93. The Morgan fingerprint density at radius 2 is 1.97 bits per heavy atom. The molecule has 1 aliphatic rings. The van der Waals surface area contributed by atoms with Gasteiger partial charge in [-0.3, -0.25) is 19.7 Å². The molecule has 2 heterocycles. The van der Waals surface area contributed by atoms with Crippen LogP contribution in [0.1, 0.15) is 16.1 Å². The minimum absolute atomic E-state index is 0.0100. The topological polar surface area (TPSA) is 157 Å². The summed E-state index contributed by atoms with van der Waals surface area (Å²) in [5.41, 5.74) is 0.201. The van der Waals surface area contributed by atoms with E-state index >= 15 is 0 Å². The van der Waals surface area contributed by atoms with Crippen LogP contribution in [-0.4, -0.2) is 44.5 Å². The Morgan fingerprint density at radius 1 is 1.22 bits per heavy atom. The van der Waals surface area contributed by atoms with E-state index in [4.69, 9.17) is 11.6 Å². The summed E-state index contributed by atoms with van der Waals surface area (Å²) in [5, 5.41) is 20.8. The molecule has 0 saturated heterocycles. The first-order chi connectivity index (χ1) is 15.2. The fourth-order valence-corrected chi connectivity index (χ4v) is 4.84. The molecular formula is C18H13ClN6O6S. The Balaban J connectivity index is 1.43. The molecule has 0 atom stereocenters. The summed E-state index contributed by atoms with van der Waals surface area (Å²) >= 11 is 5.95. The van der Waals surface area contributed by atoms with Gasteiger partial charge in [-0.15, -0.1) is 5.10 Å². The largest absolute Gasteiger partial charge is 0.323 e. The maximum absolute atomic E-state index is 12.6. The smallest absolute Gasteiger partial charge is 0.271 e. The van der Waals surface area contributed by atoms with Gasteiger partial charge in [-0.1, -0.05) is 28.9 Å². The Labute approximate surface area is 185 Å². The van der Waals surface area contributed by atoms with Gasteiger partial charge in [0.05, 0.1) is 33.9 Å². The van der Waals surface area contributed by atoms with E-state index in [9.17, 15) is 28.1 Å². The molecule has 3 aromatic rings. The molecule has 14 heteroatoms. The minimum Gasteiger partial charge on any atom is -0.323 e. The number of benzene rings is 2. The summed E-state index contributed by atoms with van der Waals surface area (Å²) in [7, 11) is -4.00. The molecule has 1 aliphatic heterocycles. The number of nitrogens with one attached hydrogen (secondary N) is 1. The first-order valence-corrected chi connectivity index (χ1v) is 10.8. The van der Waals surface area contributed by atoms with Crippen molar-refractivity contribution in [3.8, 4) is 0 Å². The zero-order chi connectivity index (χ0) is 23.0. The number of carbonyl (C=O) groups excluding carboxylic acids is 2. The zero-order valence-corrected chi connectivity index (χ0v) is 17.6. The van der Waals surface area contributed by atoms with Crippen LogP contribution in [0.5, 0.6) is 0 Å². The van der Waals surface area contributed by atoms with Gasteiger partial charge < -0.3 is 5.32 Å². The van der Waals surface area contributed by atoms with Gasteiger partial charge in [0.2, 0.25) is 5.91 Å². The molecule has 4 rings (SSSR count). The van der Waals surface area contributed by atoms with Gasteiger partial charge in [0.15, 0.2) is 0 Å². The van der Waals surface area contributed by atoms with E-state index in [1.54, 1.807) is 6.07 Å². The van der Waals surface area contributed by atoms with Crippen LogP contribution < -0.4 is 5.32 Å². The highest BCUT2D eigenvalue weighted by Crippen LogP contribution is 2.31. The zero-order valence-electron chi connectivity index (χ0n) is 16.0. The molecule has 1 N–H and O–H groups in total. The summed E-state index contributed by atoms with van der Waals surface area (Å²) in [4.78, 5) is 34.8. The molecule has 12 nitrogen and oxygen atoms in total. The van der Waals surface area contributed by atoms with Crippen molar-refractivity contribution in [2.24, 2.45) is 0 Å². The Kier molecular flexibility index (Phi) is 5.36. The summed E-state index contributed by atoms with van der Waals surface area (Å²) in [6.45, 7) is -0.632. The second-order valence-electron chi connectivity index (χ2n) is 6.69. The first kappa shape index (κ1) is 21.4. The fourth-order valence-electron chi connectivity index (χ4n) is 3.08. The van der Waals surface area contributed by atoms with Crippen molar-refractivity contribution < 1.29 is 22.9 Å². The van der Waals surface area contributed by atoms with Gasteiger partial charge in [0.25, 0.3) is 21.6 Å². The fraction of sp³-hybridized carbons (Fsp3) is 0.111. The molecule has 0 bridgehead atoms. The summed E-state index contributed by atoms with van der Waals surface area (Å²) in [5.74, 6) is -1.21. The summed E-state index contributed by atoms with van der Waals surface area (Å²) < 4.78 is 27.1. The average Bonchev–Trinajstić information content (AvgIpc) is 3.26. The predicted octanol–water partition coefficient (Wildman–Crippen LogP) is 1.82. The van der Waals surface area contributed by atoms with Crippen molar-refractivity contribution in [1.29, 1.82) is 0 Å². The normalized spacial score (nSPS) is 14.3. The number of anilines is 1. The highest BCUT2D eigenvalue weighted by atomic mass is 35.5. The average molecular weight is 477 g/mol. The van der Waals surface area contributed by atoms with Crippen LogP contribution in [0.3, 0.4) is 0 Å². The van der Waals surface area contributed by atoms with E-state index in [2.05, 4.69) is 15.6 Å². The molecular weight excluding hydrogens is 464 g/mol. The summed E-state index contributed by atoms with van der Waals surface area (Å²) in [6, 6.07) is 9.48. The van der Waals surface area contributed by atoms with E-state index in [0.717, 1.165) is 10.7 Å². The van der Waals surface area contributed by atoms with Crippen LogP contribution in [0.25, 0.3) is 0 Å². The van der Waals surface area contributed by atoms with Crippen molar-refractivity contribution >= 4 is 44.8 Å². The van der Waals surface area contributed by atoms with Gasteiger partial charge in [0, 0.05) is 12.1 Å². The van der Waals surface area contributed by atoms with Crippen molar-refractivity contribution in [2.75, 3.05) is 5.32 Å². The second kappa shape index (κ2) is 8.01. The molecule has 1 aromatic heterocycles. The monoisotopic (exact) mass is 476 g/mol. The predicted molar refractivity (Wildman–Crippen MR) is 110 cm³/mol. The van der Waals surface area contributed by atoms with Crippen LogP contribution in [0.15, 0.2) is 53.6 Å². The lowest BCUT2D eigenvalue weighted by Gasteiger charge is -2.12. The molecule has 32 heavy (non-hydrogen) atoms. The number of non-ortho nitro benzene ring substituents is 1. The van der Waals surface area contributed by atoms with Crippen LogP contribution >= 0.6 is 11.6 Å². The van der Waals surface area contributed by atoms with Gasteiger partial charge >= 0.3 is 0 Å². The van der Waals surface area contributed by atoms with Crippen molar-refractivity contribution in [2.45, 2.75) is 18.0 Å². The number of amides is 2. The van der Waals surface area contributed by atoms with E-state index < -0.39 is 26.8 Å². The number of fused-ring (bicyclic) bond motifs is 1. The Hall–Kier alpha value is -3.84. The number of carbonyl (C=O) groups is 2. The number of hydrogen-bond donors (Lipinski definition) is 1. The van der Waals surface area contributed by atoms with Gasteiger partial charge in [0.1, 0.15) is 17.1 Å². The van der Waals surface area contributed by atoms with Gasteiger partial charge in [-0.2, -0.15) is 0 Å². The number of aromatic nitrogens is 3. The lowest BCUT2D eigenvalue weighted by molar-refractivity contribution is -0.384.